The molecule has 2 aromatic carbocycles. The number of nitrogen functional groups attached to an aromatic ring is 2. The van der Waals surface area contributed by atoms with Crippen LogP contribution in [0.15, 0.2) is 47.3 Å². The van der Waals surface area contributed by atoms with Crippen LogP contribution in [0.2, 0.25) is 10.0 Å². The number of hydrogen-bond donors (Lipinski definition) is 2. The van der Waals surface area contributed by atoms with E-state index in [9.17, 15) is 4.79 Å². The summed E-state index contributed by atoms with van der Waals surface area (Å²) in [6.45, 7) is 0. The highest BCUT2D eigenvalue weighted by Gasteiger charge is 2.18. The summed E-state index contributed by atoms with van der Waals surface area (Å²) in [6.07, 6.45) is 0. The molecular weight excluding hydrogens is 361 g/mol. The fourth-order valence-electron chi connectivity index (χ4n) is 2.88. The smallest absolute Gasteiger partial charge is 0.224 e. The zero-order valence-corrected chi connectivity index (χ0v) is 14.2. The number of halogens is 2. The minimum Gasteiger partial charge on any atom is -0.383 e. The minimum atomic E-state index is -0.260. The maximum atomic E-state index is 12.9. The van der Waals surface area contributed by atoms with Crippen LogP contribution in [0.25, 0.3) is 27.6 Å². The molecule has 6 nitrogen and oxygen atoms in total. The van der Waals surface area contributed by atoms with Crippen LogP contribution >= 0.6 is 23.2 Å². The molecule has 0 saturated carbocycles. The van der Waals surface area contributed by atoms with Gasteiger partial charge in [0.1, 0.15) is 11.2 Å². The number of para-hydroxylation sites is 1. The molecule has 0 aliphatic carbocycles. The molecule has 124 valence electrons. The van der Waals surface area contributed by atoms with Crippen molar-refractivity contribution >= 4 is 56.9 Å². The van der Waals surface area contributed by atoms with Crippen molar-refractivity contribution in [1.82, 2.24) is 14.5 Å². The Balaban J connectivity index is 2.32. The summed E-state index contributed by atoms with van der Waals surface area (Å²) in [7, 11) is 0. The maximum Gasteiger partial charge on any atom is 0.224 e. The van der Waals surface area contributed by atoms with Crippen molar-refractivity contribution in [1.29, 1.82) is 0 Å². The Labute approximate surface area is 151 Å². The Morgan fingerprint density at radius 1 is 1.00 bits per heavy atom. The van der Waals surface area contributed by atoms with E-state index in [-0.39, 0.29) is 28.2 Å². The highest BCUT2D eigenvalue weighted by atomic mass is 35.5. The lowest BCUT2D eigenvalue weighted by Gasteiger charge is -2.16. The van der Waals surface area contributed by atoms with Crippen LogP contribution in [0.3, 0.4) is 0 Å². The number of nitrogens with two attached hydrogens (primary N) is 2. The topological polar surface area (TPSA) is 99.8 Å². The van der Waals surface area contributed by atoms with Crippen molar-refractivity contribution in [3.63, 3.8) is 0 Å². The molecule has 0 unspecified atom stereocenters. The van der Waals surface area contributed by atoms with Crippen LogP contribution in [0, 0.1) is 0 Å². The Kier molecular flexibility index (Phi) is 3.52. The number of rotatable bonds is 1. The number of benzene rings is 2. The van der Waals surface area contributed by atoms with Gasteiger partial charge in [0.15, 0.2) is 5.65 Å². The summed E-state index contributed by atoms with van der Waals surface area (Å²) in [5.41, 5.74) is 13.0. The highest BCUT2D eigenvalue weighted by Crippen LogP contribution is 2.30. The van der Waals surface area contributed by atoms with Crippen LogP contribution in [0.4, 0.5) is 11.8 Å². The molecule has 25 heavy (non-hydrogen) atoms. The van der Waals surface area contributed by atoms with Crippen molar-refractivity contribution in [2.75, 3.05) is 11.5 Å². The van der Waals surface area contributed by atoms with E-state index in [1.165, 1.54) is 0 Å². The van der Waals surface area contributed by atoms with E-state index >= 15 is 0 Å². The van der Waals surface area contributed by atoms with E-state index < -0.39 is 0 Å². The normalized spacial score (nSPS) is 11.3. The van der Waals surface area contributed by atoms with E-state index in [2.05, 4.69) is 9.97 Å². The summed E-state index contributed by atoms with van der Waals surface area (Å²) in [6, 6.07) is 12.2. The van der Waals surface area contributed by atoms with Crippen LogP contribution in [0.1, 0.15) is 0 Å². The lowest BCUT2D eigenvalue weighted by atomic mass is 10.1. The van der Waals surface area contributed by atoms with Crippen LogP contribution in [0.5, 0.6) is 0 Å². The van der Waals surface area contributed by atoms with Gasteiger partial charge in [0, 0.05) is 10.4 Å². The molecule has 0 amide bonds. The SMILES string of the molecule is Nc1nc(N)c2c(=O)c3ccccc3n(-c3ccc(Cl)cc3Cl)c2n1. The molecule has 0 spiro atoms. The van der Waals surface area contributed by atoms with Gasteiger partial charge in [-0.25, -0.2) is 0 Å². The van der Waals surface area contributed by atoms with Gasteiger partial charge in [0.05, 0.1) is 16.2 Å². The molecule has 2 heterocycles. The van der Waals surface area contributed by atoms with E-state index in [4.69, 9.17) is 34.7 Å². The van der Waals surface area contributed by atoms with Crippen LogP contribution in [-0.2, 0) is 0 Å². The first-order chi connectivity index (χ1) is 12.0. The number of nitrogens with zero attached hydrogens (tertiary/aromatic N) is 3. The van der Waals surface area contributed by atoms with Gasteiger partial charge in [0.25, 0.3) is 0 Å². The molecule has 0 aliphatic heterocycles. The lowest BCUT2D eigenvalue weighted by molar-refractivity contribution is 1.10. The van der Waals surface area contributed by atoms with Crippen molar-refractivity contribution in [2.24, 2.45) is 0 Å². The van der Waals surface area contributed by atoms with E-state index in [0.29, 0.717) is 26.6 Å². The molecular formula is C17H11Cl2N5O. The third kappa shape index (κ3) is 2.38. The van der Waals surface area contributed by atoms with Gasteiger partial charge >= 0.3 is 0 Å². The third-order valence-electron chi connectivity index (χ3n) is 3.91. The van der Waals surface area contributed by atoms with Gasteiger partial charge in [-0.05, 0) is 30.3 Å². The van der Waals surface area contributed by atoms with Crippen LogP contribution < -0.4 is 16.9 Å². The van der Waals surface area contributed by atoms with Gasteiger partial charge in [0.2, 0.25) is 11.4 Å². The second kappa shape index (κ2) is 5.61. The molecule has 0 fully saturated rings. The predicted molar refractivity (Wildman–Crippen MR) is 101 cm³/mol. The molecule has 4 aromatic rings. The number of anilines is 2. The summed E-state index contributed by atoms with van der Waals surface area (Å²) in [5, 5.41) is 1.57. The molecule has 0 aliphatic rings. The number of fused-ring (bicyclic) bond motifs is 2. The third-order valence-corrected chi connectivity index (χ3v) is 4.45. The van der Waals surface area contributed by atoms with Crippen molar-refractivity contribution in [2.45, 2.75) is 0 Å². The largest absolute Gasteiger partial charge is 0.383 e. The Hall–Kier alpha value is -2.83. The zero-order valence-electron chi connectivity index (χ0n) is 12.7. The summed E-state index contributed by atoms with van der Waals surface area (Å²) < 4.78 is 1.74. The molecule has 0 atom stereocenters. The second-order valence-electron chi connectivity index (χ2n) is 5.44. The molecule has 0 saturated heterocycles. The van der Waals surface area contributed by atoms with Gasteiger partial charge < -0.3 is 11.5 Å². The Morgan fingerprint density at radius 2 is 1.76 bits per heavy atom. The van der Waals surface area contributed by atoms with E-state index in [1.807, 2.05) is 6.07 Å². The predicted octanol–water partition coefficient (Wildman–Crippen LogP) is 3.41. The Morgan fingerprint density at radius 3 is 2.52 bits per heavy atom. The average molecular weight is 372 g/mol. The summed E-state index contributed by atoms with van der Waals surface area (Å²) in [5.74, 6) is -0.00407. The Bertz CT molecular complexity index is 1220. The van der Waals surface area contributed by atoms with Crippen molar-refractivity contribution in [3.8, 4) is 5.69 Å². The lowest BCUT2D eigenvalue weighted by Crippen LogP contribution is -2.15. The van der Waals surface area contributed by atoms with Crippen LogP contribution in [-0.4, -0.2) is 14.5 Å². The fraction of sp³-hybridized carbons (Fsp3) is 0. The number of hydrogen-bond acceptors (Lipinski definition) is 5. The van der Waals surface area contributed by atoms with Gasteiger partial charge in [-0.3, -0.25) is 9.36 Å². The molecule has 0 bridgehead atoms. The maximum absolute atomic E-state index is 12.9. The van der Waals surface area contributed by atoms with Gasteiger partial charge in [-0.2, -0.15) is 9.97 Å². The zero-order chi connectivity index (χ0) is 17.7. The standard InChI is InChI=1S/C17H11Cl2N5O/c18-8-5-6-12(10(19)7-8)24-11-4-2-1-3-9(11)14(25)13-15(20)22-17(21)23-16(13)24/h1-7H,(H4,20,21,22,23). The molecule has 2 aromatic heterocycles. The quantitative estimate of drug-likeness (QED) is 0.499. The first kappa shape index (κ1) is 15.7. The monoisotopic (exact) mass is 371 g/mol. The van der Waals surface area contributed by atoms with E-state index in [0.717, 1.165) is 0 Å². The summed E-state index contributed by atoms with van der Waals surface area (Å²) >= 11 is 12.4. The number of aromatic nitrogens is 3. The highest BCUT2D eigenvalue weighted by molar-refractivity contribution is 6.35. The second-order valence-corrected chi connectivity index (χ2v) is 6.29. The van der Waals surface area contributed by atoms with Crippen molar-refractivity contribution in [3.05, 3.63) is 62.7 Å². The number of pyridine rings is 1. The van der Waals surface area contributed by atoms with Gasteiger partial charge in [-0.1, -0.05) is 35.3 Å². The first-order valence-electron chi connectivity index (χ1n) is 7.29. The fourth-order valence-corrected chi connectivity index (χ4v) is 3.37. The minimum absolute atomic E-state index is 0.0251. The van der Waals surface area contributed by atoms with E-state index in [1.54, 1.807) is 41.0 Å². The molecule has 4 N–H and O–H groups in total. The average Bonchev–Trinajstić information content (AvgIpc) is 2.56. The van der Waals surface area contributed by atoms with Crippen molar-refractivity contribution < 1.29 is 0 Å². The molecule has 0 radical (unpaired) electrons. The first-order valence-corrected chi connectivity index (χ1v) is 8.05. The molecule has 8 heteroatoms. The summed E-state index contributed by atoms with van der Waals surface area (Å²) in [4.78, 5) is 21.0. The molecule has 4 rings (SSSR count). The van der Waals surface area contributed by atoms with Gasteiger partial charge in [-0.15, -0.1) is 0 Å².